The maximum atomic E-state index is 13.3. The topological polar surface area (TPSA) is 54.8 Å². The first kappa shape index (κ1) is 19.6. The van der Waals surface area contributed by atoms with Gasteiger partial charge in [0.2, 0.25) is 5.91 Å². The van der Waals surface area contributed by atoms with Crippen LogP contribution in [0.2, 0.25) is 0 Å². The van der Waals surface area contributed by atoms with Crippen molar-refractivity contribution in [1.82, 2.24) is 14.4 Å². The molecular weight excluding hydrogens is 386 g/mol. The molecular formula is C22H31N3O3S. The highest BCUT2D eigenvalue weighted by Gasteiger charge is 2.37. The van der Waals surface area contributed by atoms with Crippen LogP contribution in [-0.4, -0.2) is 70.7 Å². The largest absolute Gasteiger partial charge is 0.372 e. The van der Waals surface area contributed by atoms with Crippen molar-refractivity contribution in [2.45, 2.75) is 56.9 Å². The number of aromatic nitrogens is 1. The van der Waals surface area contributed by atoms with Crippen molar-refractivity contribution in [2.24, 2.45) is 5.92 Å². The quantitative estimate of drug-likeness (QED) is 0.733. The maximum absolute atomic E-state index is 13.3. The van der Waals surface area contributed by atoms with Crippen LogP contribution in [0.25, 0.3) is 0 Å². The van der Waals surface area contributed by atoms with Gasteiger partial charge in [0.15, 0.2) is 0 Å². The number of thioether (sulfide) groups is 1. The molecule has 0 aliphatic carbocycles. The number of nitrogens with zero attached hydrogens (tertiary/aromatic N) is 3. The molecule has 0 spiro atoms. The maximum Gasteiger partial charge on any atom is 0.255 e. The van der Waals surface area contributed by atoms with Crippen LogP contribution >= 0.6 is 11.8 Å². The van der Waals surface area contributed by atoms with Crippen LogP contribution in [0.1, 0.15) is 42.9 Å². The predicted molar refractivity (Wildman–Crippen MR) is 114 cm³/mol. The van der Waals surface area contributed by atoms with Crippen LogP contribution in [0, 0.1) is 5.92 Å². The van der Waals surface area contributed by atoms with E-state index in [9.17, 15) is 9.59 Å². The molecule has 4 atom stereocenters. The summed E-state index contributed by atoms with van der Waals surface area (Å²) >= 11 is 1.72. The number of fused-ring (bicyclic) bond motifs is 6. The van der Waals surface area contributed by atoms with E-state index in [1.54, 1.807) is 11.8 Å². The minimum Gasteiger partial charge on any atom is -0.372 e. The van der Waals surface area contributed by atoms with Gasteiger partial charge in [0.1, 0.15) is 0 Å². The summed E-state index contributed by atoms with van der Waals surface area (Å²) in [5.74, 6) is 1.84. The zero-order valence-corrected chi connectivity index (χ0v) is 18.0. The fourth-order valence-corrected chi connectivity index (χ4v) is 6.11. The van der Waals surface area contributed by atoms with Gasteiger partial charge in [-0.3, -0.25) is 14.5 Å². The third-order valence-corrected chi connectivity index (χ3v) is 7.68. The number of pyridine rings is 1. The highest BCUT2D eigenvalue weighted by molar-refractivity contribution is 7.98. The van der Waals surface area contributed by atoms with Gasteiger partial charge in [-0.05, 0) is 37.5 Å². The Morgan fingerprint density at radius 1 is 1.14 bits per heavy atom. The zero-order chi connectivity index (χ0) is 20.0. The van der Waals surface area contributed by atoms with Gasteiger partial charge >= 0.3 is 0 Å². The molecule has 5 rings (SSSR count). The van der Waals surface area contributed by atoms with E-state index in [1.165, 1.54) is 0 Å². The molecule has 29 heavy (non-hydrogen) atoms. The van der Waals surface area contributed by atoms with Gasteiger partial charge in [-0.2, -0.15) is 11.8 Å². The molecule has 0 aromatic carbocycles. The van der Waals surface area contributed by atoms with E-state index in [1.807, 2.05) is 21.8 Å². The number of ether oxygens (including phenoxy) is 1. The Kier molecular flexibility index (Phi) is 5.47. The molecule has 4 aliphatic heterocycles. The lowest BCUT2D eigenvalue weighted by Crippen LogP contribution is -2.50. The lowest BCUT2D eigenvalue weighted by molar-refractivity contribution is -0.133. The van der Waals surface area contributed by atoms with E-state index < -0.39 is 0 Å². The zero-order valence-electron chi connectivity index (χ0n) is 17.2. The van der Waals surface area contributed by atoms with Crippen LogP contribution in [0.15, 0.2) is 16.9 Å². The lowest BCUT2D eigenvalue weighted by Gasteiger charge is -2.43. The molecule has 1 amide bonds. The monoisotopic (exact) mass is 417 g/mol. The molecule has 4 bridgehead atoms. The van der Waals surface area contributed by atoms with E-state index in [-0.39, 0.29) is 11.5 Å². The Bertz CT molecular complexity index is 829. The predicted octanol–water partition coefficient (Wildman–Crippen LogP) is 1.91. The average Bonchev–Trinajstić information content (AvgIpc) is 3.06. The van der Waals surface area contributed by atoms with Crippen molar-refractivity contribution in [2.75, 3.05) is 38.2 Å². The second-order valence-electron chi connectivity index (χ2n) is 9.19. The number of carbonyl (C=O) groups is 1. The van der Waals surface area contributed by atoms with Gasteiger partial charge < -0.3 is 14.2 Å². The molecule has 0 radical (unpaired) electrons. The smallest absolute Gasteiger partial charge is 0.255 e. The lowest BCUT2D eigenvalue weighted by atomic mass is 9.83. The number of amides is 1. The van der Waals surface area contributed by atoms with Gasteiger partial charge in [0.25, 0.3) is 5.56 Å². The fraction of sp³-hybridized carbons (Fsp3) is 0.727. The highest BCUT2D eigenvalue weighted by Crippen LogP contribution is 2.35. The summed E-state index contributed by atoms with van der Waals surface area (Å²) < 4.78 is 7.95. The Hall–Kier alpha value is -1.31. The normalized spacial score (nSPS) is 31.0. The number of rotatable bonds is 5. The Morgan fingerprint density at radius 3 is 2.69 bits per heavy atom. The number of hydrogen-bond acceptors (Lipinski definition) is 5. The number of hydrogen-bond donors (Lipinski definition) is 0. The van der Waals surface area contributed by atoms with Crippen molar-refractivity contribution in [1.29, 1.82) is 0 Å². The molecule has 3 fully saturated rings. The van der Waals surface area contributed by atoms with Gasteiger partial charge in [0, 0.05) is 68.6 Å². The summed E-state index contributed by atoms with van der Waals surface area (Å²) in [6.07, 6.45) is 6.76. The van der Waals surface area contributed by atoms with E-state index in [0.717, 1.165) is 75.5 Å². The Morgan fingerprint density at radius 2 is 1.93 bits per heavy atom. The first-order valence-corrected chi connectivity index (χ1v) is 12.4. The summed E-state index contributed by atoms with van der Waals surface area (Å²) in [7, 11) is 0. The molecule has 0 N–H and O–H groups in total. The van der Waals surface area contributed by atoms with Crippen LogP contribution in [0.3, 0.4) is 0 Å². The number of morpholine rings is 1. The Labute approximate surface area is 176 Å². The second kappa shape index (κ2) is 8.08. The third kappa shape index (κ3) is 3.89. The minimum absolute atomic E-state index is 0.179. The standard InChI is InChI=1S/C22H31N3O3S/c1-29-7-6-21(26)24-9-15-8-17(12-24)20-5-2-16(22(27)25(20)10-15)11-23-13-18-3-4-19(14-23)28-18/h2,5,15,17-19H,3-4,6-14H2,1H3/t15-,17+,18-,19+/m0/s1. The van der Waals surface area contributed by atoms with E-state index in [0.29, 0.717) is 30.5 Å². The molecule has 3 saturated heterocycles. The highest BCUT2D eigenvalue weighted by atomic mass is 32.2. The van der Waals surface area contributed by atoms with E-state index in [2.05, 4.69) is 11.0 Å². The van der Waals surface area contributed by atoms with Crippen molar-refractivity contribution in [3.8, 4) is 0 Å². The summed E-state index contributed by atoms with van der Waals surface area (Å²) in [4.78, 5) is 30.2. The summed E-state index contributed by atoms with van der Waals surface area (Å²) in [5, 5.41) is 0. The summed E-state index contributed by atoms with van der Waals surface area (Å²) in [6.45, 7) is 4.91. The molecule has 158 valence electrons. The van der Waals surface area contributed by atoms with E-state index >= 15 is 0 Å². The van der Waals surface area contributed by atoms with Crippen LogP contribution in [0.5, 0.6) is 0 Å². The second-order valence-corrected chi connectivity index (χ2v) is 10.2. The number of piperidine rings is 1. The molecule has 0 saturated carbocycles. The molecule has 7 heteroatoms. The van der Waals surface area contributed by atoms with Crippen LogP contribution in [0.4, 0.5) is 0 Å². The molecule has 1 aromatic rings. The van der Waals surface area contributed by atoms with Gasteiger partial charge in [-0.1, -0.05) is 6.07 Å². The molecule has 6 nitrogen and oxygen atoms in total. The molecule has 4 aliphatic rings. The fourth-order valence-electron chi connectivity index (χ4n) is 5.73. The first-order chi connectivity index (χ1) is 14.1. The minimum atomic E-state index is 0.179. The number of likely N-dealkylation sites (tertiary alicyclic amines) is 2. The molecule has 0 unspecified atom stereocenters. The Balaban J connectivity index is 1.32. The van der Waals surface area contributed by atoms with Gasteiger partial charge in [-0.15, -0.1) is 0 Å². The van der Waals surface area contributed by atoms with Gasteiger partial charge in [-0.25, -0.2) is 0 Å². The van der Waals surface area contributed by atoms with Crippen molar-refractivity contribution < 1.29 is 9.53 Å². The third-order valence-electron chi connectivity index (χ3n) is 7.07. The summed E-state index contributed by atoms with van der Waals surface area (Å²) in [5.41, 5.74) is 2.21. The average molecular weight is 418 g/mol. The molecule has 1 aromatic heterocycles. The number of carbonyl (C=O) groups excluding carboxylic acids is 1. The van der Waals surface area contributed by atoms with Crippen LogP contribution in [-0.2, 0) is 22.6 Å². The van der Waals surface area contributed by atoms with E-state index in [4.69, 9.17) is 4.74 Å². The van der Waals surface area contributed by atoms with Crippen LogP contribution < -0.4 is 5.56 Å². The summed E-state index contributed by atoms with van der Waals surface area (Å²) in [6, 6.07) is 4.20. The van der Waals surface area contributed by atoms with Crippen molar-refractivity contribution in [3.63, 3.8) is 0 Å². The van der Waals surface area contributed by atoms with Crippen molar-refractivity contribution in [3.05, 3.63) is 33.7 Å². The first-order valence-electron chi connectivity index (χ1n) is 11.0. The van der Waals surface area contributed by atoms with Gasteiger partial charge in [0.05, 0.1) is 12.2 Å². The van der Waals surface area contributed by atoms with Crippen molar-refractivity contribution >= 4 is 17.7 Å². The SMILES string of the molecule is CSCCC(=O)N1C[C@@H]2C[C@H](C1)c1ccc(CN3C[C@H]4CC[C@@H](C3)O4)c(=O)n1C2. The molecule has 5 heterocycles.